The number of hydrogen-bond donors (Lipinski definition) is 5. The number of aryl methyl sites for hydroxylation is 1. The smallest absolute Gasteiger partial charge is 0.323 e. The van der Waals surface area contributed by atoms with Gasteiger partial charge in [0, 0.05) is 44.3 Å². The maximum Gasteiger partial charge on any atom is 0.323 e. The van der Waals surface area contributed by atoms with E-state index in [9.17, 15) is 47.1 Å². The predicted octanol–water partition coefficient (Wildman–Crippen LogP) is 3.90. The average molecular weight is 1130 g/mol. The first-order chi connectivity index (χ1) is 39.8. The number of nitrogens with one attached hydrogen (secondary N) is 5. The second-order valence-electron chi connectivity index (χ2n) is 20.5. The molecule has 1 unspecified atom stereocenters. The minimum Gasteiger partial charge on any atom is -0.459 e. The average Bonchev–Trinajstić information content (AvgIpc) is 3.86. The SMILES string of the molecule is O=C1CCC(N2C(=O)c3cccc(CCCOCCOCCOCC(=O)N4C[C@H](OC(=O)[C@@H]5CCCN5)C[C@H]4C(=O)NCc4ccc(-n5cc(NC(=O)c6coc(-c7ccnc(NCC8CC8)c7)n6)c(C(F)F)n5)cc4)c3C2=O)C(=O)N1. The van der Waals surface area contributed by atoms with E-state index in [4.69, 9.17) is 23.4 Å². The molecule has 5 N–H and O–H groups in total. The van der Waals surface area contributed by atoms with Crippen LogP contribution in [0.1, 0.15) is 106 Å². The summed E-state index contributed by atoms with van der Waals surface area (Å²) in [6, 6.07) is 12.4. The van der Waals surface area contributed by atoms with Crippen molar-refractivity contribution in [2.75, 3.05) is 69.9 Å². The molecule has 5 aliphatic rings. The summed E-state index contributed by atoms with van der Waals surface area (Å²) in [4.78, 5) is 115. The van der Waals surface area contributed by atoms with E-state index in [0.29, 0.717) is 66.5 Å². The molecule has 0 bridgehead atoms. The Balaban J connectivity index is 0.663. The van der Waals surface area contributed by atoms with Crippen LogP contribution in [0.3, 0.4) is 0 Å². The van der Waals surface area contributed by atoms with Gasteiger partial charge in [0.05, 0.1) is 61.7 Å². The number of oxazole rings is 1. The van der Waals surface area contributed by atoms with Gasteiger partial charge in [0.25, 0.3) is 24.1 Å². The number of imide groups is 2. The summed E-state index contributed by atoms with van der Waals surface area (Å²) in [5.41, 5.74) is 1.66. The van der Waals surface area contributed by atoms with E-state index in [1.165, 1.54) is 28.6 Å². The summed E-state index contributed by atoms with van der Waals surface area (Å²) >= 11 is 0. The van der Waals surface area contributed by atoms with Crippen molar-refractivity contribution in [3.8, 4) is 17.1 Å². The van der Waals surface area contributed by atoms with Crippen LogP contribution in [0.4, 0.5) is 20.3 Å². The number of pyridine rings is 1. The zero-order valence-electron chi connectivity index (χ0n) is 44.6. The van der Waals surface area contributed by atoms with Gasteiger partial charge in [-0.3, -0.25) is 48.6 Å². The molecule has 82 heavy (non-hydrogen) atoms. The third kappa shape index (κ3) is 13.7. The molecular formula is C56H61F2N11O13. The van der Waals surface area contributed by atoms with Gasteiger partial charge in [0.1, 0.15) is 42.9 Å². The molecule has 2 aromatic carbocycles. The van der Waals surface area contributed by atoms with Gasteiger partial charge >= 0.3 is 5.97 Å². The summed E-state index contributed by atoms with van der Waals surface area (Å²) in [5, 5.41) is 17.9. The number of hydrogen-bond acceptors (Lipinski definition) is 18. The first-order valence-electron chi connectivity index (χ1n) is 27.3. The molecular weight excluding hydrogens is 1070 g/mol. The van der Waals surface area contributed by atoms with Gasteiger partial charge in [-0.2, -0.15) is 5.10 Å². The van der Waals surface area contributed by atoms with Crippen molar-refractivity contribution in [2.24, 2.45) is 5.92 Å². The van der Waals surface area contributed by atoms with Crippen LogP contribution in [-0.4, -0.2) is 160 Å². The Bertz CT molecular complexity index is 3200. The number of alkyl halides is 2. The molecule has 5 aromatic rings. The number of ether oxygens (including phenoxy) is 4. The van der Waals surface area contributed by atoms with E-state index < -0.39 is 83.7 Å². The number of benzene rings is 2. The zero-order valence-corrected chi connectivity index (χ0v) is 44.6. The number of nitrogens with zero attached hydrogens (tertiary/aromatic N) is 6. The van der Waals surface area contributed by atoms with E-state index in [0.717, 1.165) is 24.1 Å². The van der Waals surface area contributed by atoms with Crippen molar-refractivity contribution < 1.29 is 70.5 Å². The van der Waals surface area contributed by atoms with Crippen molar-refractivity contribution in [3.63, 3.8) is 0 Å². The van der Waals surface area contributed by atoms with Crippen molar-refractivity contribution >= 4 is 58.8 Å². The number of amides is 7. The van der Waals surface area contributed by atoms with Crippen molar-refractivity contribution in [1.82, 2.24) is 45.5 Å². The third-order valence-electron chi connectivity index (χ3n) is 14.6. The van der Waals surface area contributed by atoms with Crippen LogP contribution in [0.15, 0.2) is 77.7 Å². The van der Waals surface area contributed by atoms with E-state index in [1.54, 1.807) is 60.8 Å². The summed E-state index contributed by atoms with van der Waals surface area (Å²) in [6.45, 7) is 2.06. The maximum atomic E-state index is 14.3. The van der Waals surface area contributed by atoms with E-state index in [1.807, 2.05) is 0 Å². The molecule has 10 rings (SSSR count). The van der Waals surface area contributed by atoms with Gasteiger partial charge < -0.3 is 49.5 Å². The van der Waals surface area contributed by atoms with Crippen molar-refractivity contribution in [1.29, 1.82) is 0 Å². The van der Waals surface area contributed by atoms with Gasteiger partial charge in [0.15, 0.2) is 11.4 Å². The number of carbonyl (C=O) groups is 8. The van der Waals surface area contributed by atoms with Gasteiger partial charge in [-0.05, 0) is 98.9 Å². The molecule has 4 aliphatic heterocycles. The van der Waals surface area contributed by atoms with Crippen LogP contribution in [0.2, 0.25) is 0 Å². The Kier molecular flexibility index (Phi) is 18.1. The fraction of sp³-hybridized carbons (Fsp3) is 0.446. The Labute approximate surface area is 468 Å². The molecule has 7 amide bonds. The second kappa shape index (κ2) is 26.1. The predicted molar refractivity (Wildman–Crippen MR) is 284 cm³/mol. The van der Waals surface area contributed by atoms with Gasteiger partial charge in [0.2, 0.25) is 29.5 Å². The molecule has 24 nitrogen and oxygen atoms in total. The molecule has 26 heteroatoms. The highest BCUT2D eigenvalue weighted by Crippen LogP contribution is 2.33. The highest BCUT2D eigenvalue weighted by atomic mass is 19.3. The fourth-order valence-electron chi connectivity index (χ4n) is 10.2. The topological polar surface area (TPSA) is 297 Å². The van der Waals surface area contributed by atoms with Crippen LogP contribution >= 0.6 is 0 Å². The van der Waals surface area contributed by atoms with Crippen LogP contribution in [0.25, 0.3) is 17.1 Å². The number of anilines is 2. The summed E-state index contributed by atoms with van der Waals surface area (Å²) in [7, 11) is 0. The Morgan fingerprint density at radius 2 is 1.70 bits per heavy atom. The first kappa shape index (κ1) is 56.9. The highest BCUT2D eigenvalue weighted by Gasteiger charge is 2.46. The highest BCUT2D eigenvalue weighted by molar-refractivity contribution is 6.24. The summed E-state index contributed by atoms with van der Waals surface area (Å²) in [6.07, 6.45) is 5.07. The lowest BCUT2D eigenvalue weighted by molar-refractivity contribution is -0.151. The maximum absolute atomic E-state index is 14.3. The molecule has 1 saturated carbocycles. The van der Waals surface area contributed by atoms with Gasteiger partial charge in [-0.25, -0.2) is 23.4 Å². The quantitative estimate of drug-likeness (QED) is 0.0298. The number of likely N-dealkylation sites (tertiary alicyclic amines) is 1. The van der Waals surface area contributed by atoms with Crippen molar-refractivity contribution in [3.05, 3.63) is 107 Å². The zero-order chi connectivity index (χ0) is 57.3. The molecule has 4 atom stereocenters. The number of carbonyl (C=O) groups excluding carboxylic acids is 8. The molecule has 4 fully saturated rings. The number of rotatable bonds is 26. The second-order valence-corrected chi connectivity index (χ2v) is 20.5. The third-order valence-corrected chi connectivity index (χ3v) is 14.6. The minimum atomic E-state index is -3.04. The minimum absolute atomic E-state index is 0.0246. The summed E-state index contributed by atoms with van der Waals surface area (Å²) < 4.78 is 58.0. The van der Waals surface area contributed by atoms with Gasteiger partial charge in [-0.1, -0.05) is 24.3 Å². The number of piperidine rings is 1. The lowest BCUT2D eigenvalue weighted by atomic mass is 9.99. The normalized spacial score (nSPS) is 19.6. The Morgan fingerprint density at radius 1 is 0.902 bits per heavy atom. The number of aromatic nitrogens is 4. The standard InChI is InChI=1S/C56H61F2N11O13/c57-49(58)48-40(63-50(72)41-30-81-53(64-41)35-16-18-60-44(24-35)61-26-32-8-9-32)29-68(66-48)36-12-10-33(11-13-36)27-62-51(73)43-25-37(82-56(77)39-7-2-17-59-39)28-67(43)46(71)31-80-23-22-79-21-20-78-19-3-5-34-4-1-6-38-47(34)55(76)69(54(38)75)42-14-15-45(70)65-52(42)74/h1,4,6,10-13,16,18,24,29-30,32,37,39,42-43,49,59H,2-3,5,7-9,14-15,17,19-23,25-28,31H2,(H,60,61)(H,62,73)(H,63,72)(H,65,70,74)/t37-,39+,42?,43+/m1/s1. The number of fused-ring (bicyclic) bond motifs is 1. The number of esters is 1. The molecule has 432 valence electrons. The molecule has 1 aliphatic carbocycles. The fourth-order valence-corrected chi connectivity index (χ4v) is 10.2. The van der Waals surface area contributed by atoms with Crippen LogP contribution in [0.5, 0.6) is 0 Å². The molecule has 7 heterocycles. The van der Waals surface area contributed by atoms with E-state index in [2.05, 4.69) is 41.7 Å². The lowest BCUT2D eigenvalue weighted by Crippen LogP contribution is -2.54. The molecule has 3 aromatic heterocycles. The monoisotopic (exact) mass is 1130 g/mol. The van der Waals surface area contributed by atoms with Gasteiger partial charge in [-0.15, -0.1) is 0 Å². The van der Waals surface area contributed by atoms with Crippen molar-refractivity contribution in [2.45, 2.75) is 95.0 Å². The van der Waals surface area contributed by atoms with Crippen LogP contribution in [-0.2, 0) is 55.9 Å². The Hall–Kier alpha value is -8.33. The van der Waals surface area contributed by atoms with E-state index >= 15 is 0 Å². The largest absolute Gasteiger partial charge is 0.459 e. The summed E-state index contributed by atoms with van der Waals surface area (Å²) in [5.74, 6) is -3.07. The number of halogens is 2. The van der Waals surface area contributed by atoms with Crippen LogP contribution in [0, 0.1) is 5.92 Å². The Morgan fingerprint density at radius 3 is 2.45 bits per heavy atom. The molecule has 0 radical (unpaired) electrons. The molecule has 0 spiro atoms. The first-order valence-corrected chi connectivity index (χ1v) is 27.3. The molecule has 3 saturated heterocycles. The van der Waals surface area contributed by atoms with Crippen LogP contribution < -0.4 is 26.6 Å². The van der Waals surface area contributed by atoms with E-state index in [-0.39, 0.29) is 93.8 Å². The lowest BCUT2D eigenvalue weighted by Gasteiger charge is -2.27.